The smallest absolute Gasteiger partial charge is 0.0901 e. The van der Waals surface area contributed by atoms with Gasteiger partial charge in [-0.25, -0.2) is 0 Å². The van der Waals surface area contributed by atoms with E-state index in [-0.39, 0.29) is 0 Å². The van der Waals surface area contributed by atoms with Crippen LogP contribution in [0.2, 0.25) is 0 Å². The maximum atomic E-state index is 12.9. The summed E-state index contributed by atoms with van der Waals surface area (Å²) in [5.74, 6) is 0.683. The molecule has 1 atom stereocenters. The molecule has 0 aromatic carbocycles. The average Bonchev–Trinajstić information content (AvgIpc) is 2.26. The van der Waals surface area contributed by atoms with Gasteiger partial charge in [-0.1, -0.05) is 60.3 Å². The van der Waals surface area contributed by atoms with Crippen molar-refractivity contribution in [3.8, 4) is 0 Å². The van der Waals surface area contributed by atoms with Crippen LogP contribution in [0.4, 0.5) is 0 Å². The topological polar surface area (TPSA) is 17.1 Å². The molecular formula is C15H33OP. The Bertz CT molecular complexity index is 221. The molecule has 0 saturated carbocycles. The van der Waals surface area contributed by atoms with E-state index in [0.717, 1.165) is 18.7 Å². The van der Waals surface area contributed by atoms with Crippen LogP contribution in [0.25, 0.3) is 0 Å². The number of hydrogen-bond acceptors (Lipinski definition) is 1. The van der Waals surface area contributed by atoms with Crippen LogP contribution in [-0.2, 0) is 4.57 Å². The molecule has 0 aromatic rings. The fraction of sp³-hybridized carbons (Fsp3) is 1.00. The third kappa shape index (κ3) is 8.03. The van der Waals surface area contributed by atoms with Crippen molar-refractivity contribution < 1.29 is 4.57 Å². The van der Waals surface area contributed by atoms with Crippen molar-refractivity contribution in [3.05, 3.63) is 0 Å². The van der Waals surface area contributed by atoms with Crippen LogP contribution in [-0.4, -0.2) is 18.0 Å². The number of hydrogen-bond donors (Lipinski definition) is 0. The molecule has 0 aliphatic rings. The van der Waals surface area contributed by atoms with Crippen LogP contribution >= 0.6 is 7.14 Å². The molecule has 0 bridgehead atoms. The van der Waals surface area contributed by atoms with Crippen molar-refractivity contribution in [3.63, 3.8) is 0 Å². The van der Waals surface area contributed by atoms with Crippen molar-refractivity contribution in [2.24, 2.45) is 5.92 Å². The van der Waals surface area contributed by atoms with Gasteiger partial charge >= 0.3 is 0 Å². The molecule has 0 aliphatic carbocycles. The van der Waals surface area contributed by atoms with Crippen LogP contribution in [0, 0.1) is 5.92 Å². The zero-order chi connectivity index (χ0) is 13.3. The SMILES string of the molecule is CCCCCCCP(=O)(CCC(C)C)C(C)C. The first kappa shape index (κ1) is 17.2. The van der Waals surface area contributed by atoms with Gasteiger partial charge in [0.05, 0.1) is 7.14 Å². The number of unbranched alkanes of at least 4 members (excludes halogenated alkanes) is 4. The second kappa shape index (κ2) is 9.20. The van der Waals surface area contributed by atoms with Crippen molar-refractivity contribution in [1.29, 1.82) is 0 Å². The molecule has 0 radical (unpaired) electrons. The van der Waals surface area contributed by atoms with Gasteiger partial charge < -0.3 is 4.57 Å². The summed E-state index contributed by atoms with van der Waals surface area (Å²) in [5.41, 5.74) is 0.382. The van der Waals surface area contributed by atoms with Crippen LogP contribution < -0.4 is 0 Å². The predicted molar refractivity (Wildman–Crippen MR) is 80.7 cm³/mol. The van der Waals surface area contributed by atoms with E-state index in [9.17, 15) is 4.57 Å². The largest absolute Gasteiger partial charge is 0.323 e. The molecule has 0 aromatic heterocycles. The Morgan fingerprint density at radius 2 is 1.47 bits per heavy atom. The van der Waals surface area contributed by atoms with Crippen molar-refractivity contribution in [2.45, 2.75) is 78.8 Å². The van der Waals surface area contributed by atoms with Crippen LogP contribution in [0.15, 0.2) is 0 Å². The lowest BCUT2D eigenvalue weighted by molar-refractivity contribution is 0.549. The minimum absolute atomic E-state index is 0.382. The first-order chi connectivity index (χ1) is 7.92. The Balaban J connectivity index is 4.00. The molecule has 0 saturated heterocycles. The predicted octanol–water partition coefficient (Wildman–Crippen LogP) is 5.77. The lowest BCUT2D eigenvalue weighted by Gasteiger charge is -2.23. The van der Waals surface area contributed by atoms with E-state index < -0.39 is 7.14 Å². The van der Waals surface area contributed by atoms with Gasteiger partial charge in [-0.2, -0.15) is 0 Å². The van der Waals surface area contributed by atoms with Gasteiger partial charge in [-0.3, -0.25) is 0 Å². The molecular weight excluding hydrogens is 227 g/mol. The Morgan fingerprint density at radius 1 is 0.882 bits per heavy atom. The minimum Gasteiger partial charge on any atom is -0.323 e. The van der Waals surface area contributed by atoms with Crippen molar-refractivity contribution in [1.82, 2.24) is 0 Å². The molecule has 1 nitrogen and oxygen atoms in total. The molecule has 0 fully saturated rings. The van der Waals surface area contributed by atoms with E-state index in [0.29, 0.717) is 11.6 Å². The van der Waals surface area contributed by atoms with Gasteiger partial charge in [0.1, 0.15) is 0 Å². The van der Waals surface area contributed by atoms with E-state index >= 15 is 0 Å². The van der Waals surface area contributed by atoms with E-state index in [1.165, 1.54) is 32.1 Å². The molecule has 0 heterocycles. The fourth-order valence-electron chi connectivity index (χ4n) is 2.09. The number of rotatable bonds is 10. The van der Waals surface area contributed by atoms with Gasteiger partial charge in [-0.05, 0) is 18.8 Å². The molecule has 0 rings (SSSR count). The molecule has 104 valence electrons. The first-order valence-corrected chi connectivity index (χ1v) is 9.64. The highest BCUT2D eigenvalue weighted by Gasteiger charge is 2.25. The summed E-state index contributed by atoms with van der Waals surface area (Å²) < 4.78 is 12.9. The lowest BCUT2D eigenvalue weighted by atomic mass is 10.2. The van der Waals surface area contributed by atoms with Crippen LogP contribution in [0.5, 0.6) is 0 Å². The Morgan fingerprint density at radius 3 is 1.94 bits per heavy atom. The second-order valence-corrected chi connectivity index (χ2v) is 9.92. The summed E-state index contributed by atoms with van der Waals surface area (Å²) >= 11 is 0. The van der Waals surface area contributed by atoms with Gasteiger partial charge in [0, 0.05) is 18.0 Å². The van der Waals surface area contributed by atoms with Crippen LogP contribution in [0.1, 0.15) is 73.1 Å². The van der Waals surface area contributed by atoms with E-state index in [2.05, 4.69) is 34.6 Å². The van der Waals surface area contributed by atoms with E-state index in [1.54, 1.807) is 0 Å². The highest BCUT2D eigenvalue weighted by molar-refractivity contribution is 7.64. The molecule has 2 heteroatoms. The van der Waals surface area contributed by atoms with Crippen molar-refractivity contribution >= 4 is 7.14 Å². The van der Waals surface area contributed by atoms with Gasteiger partial charge in [-0.15, -0.1) is 0 Å². The summed E-state index contributed by atoms with van der Waals surface area (Å²) in [6.45, 7) is 11.0. The molecule has 1 unspecified atom stereocenters. The van der Waals surface area contributed by atoms with Gasteiger partial charge in [0.2, 0.25) is 0 Å². The Hall–Kier alpha value is 0.230. The second-order valence-electron chi connectivity index (χ2n) is 6.09. The molecule has 0 N–H and O–H groups in total. The monoisotopic (exact) mass is 260 g/mol. The average molecular weight is 260 g/mol. The zero-order valence-corrected chi connectivity index (χ0v) is 13.6. The molecule has 0 spiro atoms. The van der Waals surface area contributed by atoms with E-state index in [4.69, 9.17) is 0 Å². The normalized spacial score (nSPS) is 15.5. The third-order valence-corrected chi connectivity index (χ3v) is 7.64. The van der Waals surface area contributed by atoms with Gasteiger partial charge in [0.25, 0.3) is 0 Å². The van der Waals surface area contributed by atoms with Gasteiger partial charge in [0.15, 0.2) is 0 Å². The third-order valence-electron chi connectivity index (χ3n) is 3.67. The lowest BCUT2D eigenvalue weighted by Crippen LogP contribution is -2.08. The van der Waals surface area contributed by atoms with Crippen molar-refractivity contribution in [2.75, 3.05) is 12.3 Å². The Labute approximate surface area is 109 Å². The minimum atomic E-state index is -1.89. The molecule has 17 heavy (non-hydrogen) atoms. The maximum Gasteiger partial charge on any atom is 0.0901 e. The summed E-state index contributed by atoms with van der Waals surface area (Å²) in [6, 6.07) is 0. The fourth-order valence-corrected chi connectivity index (χ4v) is 5.06. The highest BCUT2D eigenvalue weighted by Crippen LogP contribution is 2.52. The summed E-state index contributed by atoms with van der Waals surface area (Å²) in [6.07, 6.45) is 9.47. The summed E-state index contributed by atoms with van der Waals surface area (Å²) in [7, 11) is -1.89. The highest BCUT2D eigenvalue weighted by atomic mass is 31.2. The first-order valence-electron chi connectivity index (χ1n) is 7.50. The molecule has 0 aliphatic heterocycles. The standard InChI is InChI=1S/C15H33OP/c1-6-7-8-9-10-12-17(16,15(4)5)13-11-14(2)3/h14-15H,6-13H2,1-5H3. The Kier molecular flexibility index (Phi) is 9.32. The summed E-state index contributed by atoms with van der Waals surface area (Å²) in [5, 5.41) is 0. The quantitative estimate of drug-likeness (QED) is 0.360. The zero-order valence-electron chi connectivity index (χ0n) is 12.7. The van der Waals surface area contributed by atoms with E-state index in [1.807, 2.05) is 0 Å². The summed E-state index contributed by atoms with van der Waals surface area (Å²) in [4.78, 5) is 0. The maximum absolute atomic E-state index is 12.9. The van der Waals surface area contributed by atoms with Crippen LogP contribution in [0.3, 0.4) is 0 Å². The molecule has 0 amide bonds.